The predicted molar refractivity (Wildman–Crippen MR) is 174 cm³/mol. The Balaban J connectivity index is 1.60. The molecule has 48 heavy (non-hydrogen) atoms. The lowest BCUT2D eigenvalue weighted by Gasteiger charge is -2.37. The molecule has 12 heteroatoms. The quantitative estimate of drug-likeness (QED) is 0.157. The Morgan fingerprint density at radius 3 is 1.90 bits per heavy atom. The molecular weight excluding hydrogens is 620 g/mol. The summed E-state index contributed by atoms with van der Waals surface area (Å²) < 4.78 is 37.1. The first-order valence-corrected chi connectivity index (χ1v) is 15.4. The number of aromatic amines is 1. The van der Waals surface area contributed by atoms with Crippen LogP contribution in [0.5, 0.6) is 11.5 Å². The molecule has 5 rings (SSSR count). The standard InChI is InChI=1S/C36H38N2O10/c1-23(39)10-19-31(41)48-32-29(47-34(33(32)45-4)38-21-20-30(40)37-35(38)42)22-46-36(24-8-6-5-7-9-24,25-11-15-27(43-2)16-12-25)26-13-17-28(44-3)18-14-26/h5-9,11-18,20-21,29,32-34H,10,19,22H2,1-4H3,(H,37,40,42)/t29-,32?,33?,34-/m0/s1. The molecule has 0 aliphatic carbocycles. The van der Waals surface area contributed by atoms with E-state index < -0.39 is 47.4 Å². The molecule has 0 saturated carbocycles. The van der Waals surface area contributed by atoms with Gasteiger partial charge in [-0.2, -0.15) is 0 Å². The monoisotopic (exact) mass is 658 g/mol. The maximum atomic E-state index is 13.0. The molecule has 1 aliphatic heterocycles. The number of hydrogen-bond donors (Lipinski definition) is 1. The highest BCUT2D eigenvalue weighted by Gasteiger charge is 2.50. The second-order valence-corrected chi connectivity index (χ2v) is 11.3. The number of methoxy groups -OCH3 is 3. The van der Waals surface area contributed by atoms with E-state index in [9.17, 15) is 19.2 Å². The van der Waals surface area contributed by atoms with Gasteiger partial charge in [0.15, 0.2) is 12.3 Å². The zero-order valence-electron chi connectivity index (χ0n) is 27.1. The third kappa shape index (κ3) is 7.25. The molecule has 4 atom stereocenters. The Morgan fingerprint density at radius 2 is 1.38 bits per heavy atom. The molecule has 0 spiro atoms. The third-order valence-electron chi connectivity index (χ3n) is 8.27. The smallest absolute Gasteiger partial charge is 0.330 e. The van der Waals surface area contributed by atoms with Crippen molar-refractivity contribution in [2.24, 2.45) is 0 Å². The maximum absolute atomic E-state index is 13.0. The Hall–Kier alpha value is -5.04. The van der Waals surface area contributed by atoms with E-state index in [-0.39, 0.29) is 25.2 Å². The van der Waals surface area contributed by atoms with Crippen molar-refractivity contribution in [2.45, 2.75) is 49.9 Å². The van der Waals surface area contributed by atoms with E-state index in [0.717, 1.165) is 16.7 Å². The van der Waals surface area contributed by atoms with Crippen LogP contribution in [0.25, 0.3) is 0 Å². The molecule has 1 N–H and O–H groups in total. The van der Waals surface area contributed by atoms with E-state index in [0.29, 0.717) is 11.5 Å². The number of benzene rings is 3. The van der Waals surface area contributed by atoms with Gasteiger partial charge in [-0.3, -0.25) is 19.1 Å². The van der Waals surface area contributed by atoms with E-state index >= 15 is 0 Å². The van der Waals surface area contributed by atoms with Crippen molar-refractivity contribution < 1.29 is 38.0 Å². The summed E-state index contributed by atoms with van der Waals surface area (Å²) in [5, 5.41) is 0. The van der Waals surface area contributed by atoms with Crippen molar-refractivity contribution >= 4 is 11.8 Å². The minimum atomic E-state index is -1.22. The van der Waals surface area contributed by atoms with Crippen LogP contribution in [-0.4, -0.2) is 67.6 Å². The molecule has 2 unspecified atom stereocenters. The fraction of sp³-hybridized carbons (Fsp3) is 0.333. The van der Waals surface area contributed by atoms with E-state index in [1.54, 1.807) is 14.2 Å². The fourth-order valence-corrected chi connectivity index (χ4v) is 5.86. The molecule has 12 nitrogen and oxygen atoms in total. The first-order valence-electron chi connectivity index (χ1n) is 15.4. The van der Waals surface area contributed by atoms with Crippen molar-refractivity contribution in [2.75, 3.05) is 27.9 Å². The molecule has 0 radical (unpaired) electrons. The summed E-state index contributed by atoms with van der Waals surface area (Å²) in [5.41, 5.74) is -0.199. The molecule has 0 amide bonds. The van der Waals surface area contributed by atoms with Gasteiger partial charge in [-0.05, 0) is 47.9 Å². The Bertz CT molecular complexity index is 1750. The average molecular weight is 659 g/mol. The normalized spacial score (nSPS) is 19.1. The van der Waals surface area contributed by atoms with E-state index in [4.69, 9.17) is 28.4 Å². The number of nitrogens with zero attached hydrogens (tertiary/aromatic N) is 1. The highest BCUT2D eigenvalue weighted by Crippen LogP contribution is 2.43. The predicted octanol–water partition coefficient (Wildman–Crippen LogP) is 3.76. The minimum Gasteiger partial charge on any atom is -0.497 e. The minimum absolute atomic E-state index is 0.0000916. The van der Waals surface area contributed by atoms with Gasteiger partial charge in [-0.1, -0.05) is 54.6 Å². The van der Waals surface area contributed by atoms with Gasteiger partial charge >= 0.3 is 11.7 Å². The Morgan fingerprint density at radius 1 is 0.792 bits per heavy atom. The summed E-state index contributed by atoms with van der Waals surface area (Å²) >= 11 is 0. The second kappa shape index (κ2) is 15.2. The number of Topliss-reactive ketones (excluding diaryl/α,β-unsaturated/α-hetero) is 1. The lowest BCUT2D eigenvalue weighted by atomic mass is 9.80. The third-order valence-corrected chi connectivity index (χ3v) is 8.27. The van der Waals surface area contributed by atoms with Gasteiger partial charge in [-0.15, -0.1) is 0 Å². The molecule has 3 aromatic carbocycles. The van der Waals surface area contributed by atoms with Gasteiger partial charge in [0.2, 0.25) is 0 Å². The van der Waals surface area contributed by atoms with Crippen LogP contribution in [0.4, 0.5) is 0 Å². The lowest BCUT2D eigenvalue weighted by Crippen LogP contribution is -2.43. The Labute approximate surface area is 277 Å². The fourth-order valence-electron chi connectivity index (χ4n) is 5.86. The summed E-state index contributed by atoms with van der Waals surface area (Å²) in [6.45, 7) is 1.24. The van der Waals surface area contributed by atoms with Crippen molar-refractivity contribution in [3.05, 3.63) is 129 Å². The van der Waals surface area contributed by atoms with E-state index in [1.165, 1.54) is 30.9 Å². The largest absolute Gasteiger partial charge is 0.497 e. The number of carbonyl (C=O) groups is 2. The van der Waals surface area contributed by atoms with Crippen molar-refractivity contribution in [3.63, 3.8) is 0 Å². The molecule has 2 heterocycles. The van der Waals surface area contributed by atoms with Crippen LogP contribution in [0.15, 0.2) is 101 Å². The Kier molecular flexibility index (Phi) is 10.9. The molecule has 1 saturated heterocycles. The van der Waals surface area contributed by atoms with Gasteiger partial charge in [0.05, 0.1) is 27.2 Å². The molecule has 0 bridgehead atoms. The van der Waals surface area contributed by atoms with E-state index in [2.05, 4.69) is 4.98 Å². The van der Waals surface area contributed by atoms with E-state index in [1.807, 2.05) is 78.9 Å². The number of H-pyrrole nitrogens is 1. The first kappa shape index (κ1) is 34.3. The van der Waals surface area contributed by atoms with Gasteiger partial charge in [0.25, 0.3) is 5.56 Å². The SMILES string of the molecule is COc1ccc(C(OC[C@@H]2O[C@H](n3ccc(=O)[nH]c3=O)C(OC)C2OC(=O)CCC(C)=O)(c2ccccc2)c2ccc(OC)cc2)cc1. The number of nitrogens with one attached hydrogen (secondary N) is 1. The highest BCUT2D eigenvalue weighted by molar-refractivity contribution is 5.81. The van der Waals surface area contributed by atoms with Crippen LogP contribution in [-0.2, 0) is 34.1 Å². The second-order valence-electron chi connectivity index (χ2n) is 11.3. The molecular formula is C36H38N2O10. The molecule has 1 fully saturated rings. The van der Waals surface area contributed by atoms with Crippen molar-refractivity contribution in [1.29, 1.82) is 0 Å². The summed E-state index contributed by atoms with van der Waals surface area (Å²) in [7, 11) is 4.58. The van der Waals surface area contributed by atoms with Gasteiger partial charge in [0.1, 0.15) is 35.1 Å². The van der Waals surface area contributed by atoms with Crippen LogP contribution in [0.1, 0.15) is 42.7 Å². The van der Waals surface area contributed by atoms with Gasteiger partial charge in [0, 0.05) is 25.8 Å². The van der Waals surface area contributed by atoms with Gasteiger partial charge < -0.3 is 33.2 Å². The zero-order valence-corrected chi connectivity index (χ0v) is 27.1. The number of hydrogen-bond acceptors (Lipinski definition) is 10. The summed E-state index contributed by atoms with van der Waals surface area (Å²) in [4.78, 5) is 51.5. The number of ketones is 1. The number of aromatic nitrogens is 2. The summed E-state index contributed by atoms with van der Waals surface area (Å²) in [5.74, 6) is 0.510. The molecule has 1 aromatic heterocycles. The number of ether oxygens (including phenoxy) is 6. The molecule has 4 aromatic rings. The number of rotatable bonds is 14. The number of esters is 1. The van der Waals surface area contributed by atoms with Crippen LogP contribution in [0.3, 0.4) is 0 Å². The zero-order chi connectivity index (χ0) is 34.3. The van der Waals surface area contributed by atoms with Crippen LogP contribution in [0, 0.1) is 0 Å². The summed E-state index contributed by atoms with van der Waals surface area (Å²) in [6.07, 6.45) is -2.94. The lowest BCUT2D eigenvalue weighted by molar-refractivity contribution is -0.160. The number of carbonyl (C=O) groups excluding carboxylic acids is 2. The van der Waals surface area contributed by atoms with Crippen LogP contribution < -0.4 is 20.7 Å². The van der Waals surface area contributed by atoms with Crippen LogP contribution in [0.2, 0.25) is 0 Å². The maximum Gasteiger partial charge on any atom is 0.330 e. The van der Waals surface area contributed by atoms with Gasteiger partial charge in [-0.25, -0.2) is 4.79 Å². The van der Waals surface area contributed by atoms with Crippen LogP contribution >= 0.6 is 0 Å². The topological polar surface area (TPSA) is 144 Å². The van der Waals surface area contributed by atoms with Crippen molar-refractivity contribution in [3.8, 4) is 11.5 Å². The average Bonchev–Trinajstić information content (AvgIpc) is 3.44. The first-order chi connectivity index (χ1) is 23.2. The summed E-state index contributed by atoms with van der Waals surface area (Å²) in [6, 6.07) is 25.8. The molecule has 252 valence electrons. The molecule has 1 aliphatic rings. The van der Waals surface area contributed by atoms with Crippen molar-refractivity contribution in [1.82, 2.24) is 9.55 Å². The highest BCUT2D eigenvalue weighted by atomic mass is 16.6.